The lowest BCUT2D eigenvalue weighted by Gasteiger charge is -2.19. The van der Waals surface area contributed by atoms with Crippen LogP contribution in [0.3, 0.4) is 0 Å². The number of anilines is 1. The van der Waals surface area contributed by atoms with Gasteiger partial charge in [0.15, 0.2) is 0 Å². The Hall–Kier alpha value is -1.91. The van der Waals surface area contributed by atoms with Gasteiger partial charge in [0.25, 0.3) is 0 Å². The van der Waals surface area contributed by atoms with E-state index in [0.717, 1.165) is 17.9 Å². The van der Waals surface area contributed by atoms with E-state index >= 15 is 0 Å². The lowest BCUT2D eigenvalue weighted by molar-refractivity contribution is 0.0530. The molecule has 0 fully saturated rings. The van der Waals surface area contributed by atoms with Gasteiger partial charge in [-0.2, -0.15) is 0 Å². The van der Waals surface area contributed by atoms with E-state index in [1.54, 1.807) is 0 Å². The van der Waals surface area contributed by atoms with Crippen LogP contribution in [0.4, 0.5) is 10.5 Å². The number of amides is 1. The van der Waals surface area contributed by atoms with Crippen LogP contribution in [0.1, 0.15) is 34.1 Å². The Bertz CT molecular complexity index is 441. The highest BCUT2D eigenvalue weighted by Gasteiger charge is 2.15. The normalized spacial score (nSPS) is 10.9. The molecule has 1 aromatic rings. The zero-order valence-corrected chi connectivity index (χ0v) is 13.4. The molecule has 0 atom stereocenters. The first-order chi connectivity index (χ1) is 9.90. The summed E-state index contributed by atoms with van der Waals surface area (Å²) in [6, 6.07) is 7.78. The largest absolute Gasteiger partial charge is 0.494 e. The fourth-order valence-electron chi connectivity index (χ4n) is 1.60. The third-order valence-corrected chi connectivity index (χ3v) is 2.43. The Kier molecular flexibility index (Phi) is 6.85. The zero-order chi connectivity index (χ0) is 15.7. The molecule has 118 valence electrons. The van der Waals surface area contributed by atoms with Gasteiger partial charge in [-0.25, -0.2) is 4.79 Å². The maximum Gasteiger partial charge on any atom is 0.407 e. The molecule has 1 amide bonds. The van der Waals surface area contributed by atoms with Crippen molar-refractivity contribution in [1.29, 1.82) is 0 Å². The first kappa shape index (κ1) is 17.1. The van der Waals surface area contributed by atoms with Crippen molar-refractivity contribution in [2.75, 3.05) is 25.0 Å². The standard InChI is InChI=1S/C16H26N2O3/c1-5-11-20-14-8-6-7-13(12-14)17-9-10-18-15(19)21-16(2,3)4/h6-8,12,17H,5,9-11H2,1-4H3,(H,18,19). The van der Waals surface area contributed by atoms with Crippen molar-refractivity contribution < 1.29 is 14.3 Å². The van der Waals surface area contributed by atoms with Crippen LogP contribution in [-0.4, -0.2) is 31.4 Å². The smallest absolute Gasteiger partial charge is 0.407 e. The van der Waals surface area contributed by atoms with Gasteiger partial charge in [-0.1, -0.05) is 13.0 Å². The van der Waals surface area contributed by atoms with Crippen molar-refractivity contribution in [3.63, 3.8) is 0 Å². The van der Waals surface area contributed by atoms with Gasteiger partial charge in [-0.05, 0) is 39.3 Å². The molecule has 0 aliphatic rings. The summed E-state index contributed by atoms with van der Waals surface area (Å²) in [4.78, 5) is 11.5. The van der Waals surface area contributed by atoms with Crippen molar-refractivity contribution in [2.45, 2.75) is 39.7 Å². The maximum absolute atomic E-state index is 11.5. The van der Waals surface area contributed by atoms with Gasteiger partial charge in [0.2, 0.25) is 0 Å². The molecule has 0 bridgehead atoms. The molecular formula is C16H26N2O3. The molecule has 5 heteroatoms. The van der Waals surface area contributed by atoms with Gasteiger partial charge in [0.05, 0.1) is 6.61 Å². The number of alkyl carbamates (subject to hydrolysis) is 1. The number of hydrogen-bond donors (Lipinski definition) is 2. The predicted octanol–water partition coefficient (Wildman–Crippen LogP) is 3.41. The fraction of sp³-hybridized carbons (Fsp3) is 0.562. The van der Waals surface area contributed by atoms with Crippen molar-refractivity contribution in [3.05, 3.63) is 24.3 Å². The Morgan fingerprint density at radius 1 is 1.24 bits per heavy atom. The lowest BCUT2D eigenvalue weighted by atomic mass is 10.2. The van der Waals surface area contributed by atoms with Crippen LogP contribution in [-0.2, 0) is 4.74 Å². The van der Waals surface area contributed by atoms with E-state index in [9.17, 15) is 4.79 Å². The quantitative estimate of drug-likeness (QED) is 0.757. The Morgan fingerprint density at radius 2 is 2.00 bits per heavy atom. The summed E-state index contributed by atoms with van der Waals surface area (Å²) in [6.45, 7) is 9.42. The molecule has 1 rings (SSSR count). The van der Waals surface area contributed by atoms with Crippen molar-refractivity contribution in [3.8, 4) is 5.75 Å². The second kappa shape index (κ2) is 8.39. The molecule has 0 spiro atoms. The summed E-state index contributed by atoms with van der Waals surface area (Å²) in [5.41, 5.74) is 0.497. The van der Waals surface area contributed by atoms with Gasteiger partial charge < -0.3 is 20.1 Å². The van der Waals surface area contributed by atoms with Crippen LogP contribution >= 0.6 is 0 Å². The van der Waals surface area contributed by atoms with Crippen molar-refractivity contribution in [1.82, 2.24) is 5.32 Å². The topological polar surface area (TPSA) is 59.6 Å². The number of hydrogen-bond acceptors (Lipinski definition) is 4. The summed E-state index contributed by atoms with van der Waals surface area (Å²) >= 11 is 0. The van der Waals surface area contributed by atoms with E-state index in [2.05, 4.69) is 17.6 Å². The third kappa shape index (κ3) is 8.07. The molecule has 0 radical (unpaired) electrons. The molecule has 5 nitrogen and oxygen atoms in total. The third-order valence-electron chi connectivity index (χ3n) is 2.43. The highest BCUT2D eigenvalue weighted by atomic mass is 16.6. The van der Waals surface area contributed by atoms with E-state index in [0.29, 0.717) is 19.7 Å². The summed E-state index contributed by atoms with van der Waals surface area (Å²) in [6.07, 6.45) is 0.585. The van der Waals surface area contributed by atoms with Crippen molar-refractivity contribution >= 4 is 11.8 Å². The number of rotatable bonds is 7. The van der Waals surface area contributed by atoms with Crippen LogP contribution in [0.25, 0.3) is 0 Å². The molecule has 2 N–H and O–H groups in total. The Labute approximate surface area is 127 Å². The highest BCUT2D eigenvalue weighted by molar-refractivity contribution is 5.67. The second-order valence-corrected chi connectivity index (χ2v) is 5.73. The van der Waals surface area contributed by atoms with Gasteiger partial charge in [-0.3, -0.25) is 0 Å². The number of nitrogens with one attached hydrogen (secondary N) is 2. The number of carbonyl (C=O) groups excluding carboxylic acids is 1. The molecule has 1 aromatic carbocycles. The van der Waals surface area contributed by atoms with Crippen molar-refractivity contribution in [2.24, 2.45) is 0 Å². The molecule has 0 aliphatic heterocycles. The molecule has 21 heavy (non-hydrogen) atoms. The van der Waals surface area contributed by atoms with Gasteiger partial charge in [0.1, 0.15) is 11.4 Å². The minimum absolute atomic E-state index is 0.399. The second-order valence-electron chi connectivity index (χ2n) is 5.73. The first-order valence-electron chi connectivity index (χ1n) is 7.34. The predicted molar refractivity (Wildman–Crippen MR) is 85.0 cm³/mol. The van der Waals surface area contributed by atoms with E-state index in [1.165, 1.54) is 0 Å². The van der Waals surface area contributed by atoms with E-state index in [4.69, 9.17) is 9.47 Å². The van der Waals surface area contributed by atoms with Gasteiger partial charge >= 0.3 is 6.09 Å². The highest BCUT2D eigenvalue weighted by Crippen LogP contribution is 2.17. The molecule has 0 aromatic heterocycles. The minimum atomic E-state index is -0.470. The average Bonchev–Trinajstić information content (AvgIpc) is 2.40. The summed E-state index contributed by atoms with van der Waals surface area (Å²) in [7, 11) is 0. The molecule has 0 unspecified atom stereocenters. The number of benzene rings is 1. The first-order valence-corrected chi connectivity index (χ1v) is 7.34. The Morgan fingerprint density at radius 3 is 2.67 bits per heavy atom. The van der Waals surface area contributed by atoms with E-state index in [1.807, 2.05) is 45.0 Å². The zero-order valence-electron chi connectivity index (χ0n) is 13.4. The maximum atomic E-state index is 11.5. The van der Waals surface area contributed by atoms with Gasteiger partial charge in [-0.15, -0.1) is 0 Å². The van der Waals surface area contributed by atoms with Gasteiger partial charge in [0, 0.05) is 24.8 Å². The molecule has 0 aliphatic carbocycles. The van der Waals surface area contributed by atoms with E-state index < -0.39 is 11.7 Å². The van der Waals surface area contributed by atoms with Crippen LogP contribution in [0.15, 0.2) is 24.3 Å². The van der Waals surface area contributed by atoms with E-state index in [-0.39, 0.29) is 0 Å². The molecule has 0 saturated carbocycles. The lowest BCUT2D eigenvalue weighted by Crippen LogP contribution is -2.34. The minimum Gasteiger partial charge on any atom is -0.494 e. The molecule has 0 heterocycles. The van der Waals surface area contributed by atoms with Crippen LogP contribution in [0.5, 0.6) is 5.75 Å². The SMILES string of the molecule is CCCOc1cccc(NCCNC(=O)OC(C)(C)C)c1. The number of ether oxygens (including phenoxy) is 2. The Balaban J connectivity index is 2.28. The summed E-state index contributed by atoms with van der Waals surface area (Å²) < 4.78 is 10.7. The van der Waals surface area contributed by atoms with Crippen LogP contribution in [0, 0.1) is 0 Å². The van der Waals surface area contributed by atoms with Crippen LogP contribution < -0.4 is 15.4 Å². The average molecular weight is 294 g/mol. The summed E-state index contributed by atoms with van der Waals surface area (Å²) in [5, 5.41) is 5.93. The monoisotopic (exact) mass is 294 g/mol. The summed E-state index contributed by atoms with van der Waals surface area (Å²) in [5.74, 6) is 0.849. The van der Waals surface area contributed by atoms with Crippen LogP contribution in [0.2, 0.25) is 0 Å². The molecular weight excluding hydrogens is 268 g/mol. The fourth-order valence-corrected chi connectivity index (χ4v) is 1.60. The number of carbonyl (C=O) groups is 1. The molecule has 0 saturated heterocycles.